The van der Waals surface area contributed by atoms with Crippen molar-refractivity contribution >= 4 is 41.7 Å². The van der Waals surface area contributed by atoms with Gasteiger partial charge in [0.25, 0.3) is 5.91 Å². The molecule has 0 unspecified atom stereocenters. The second-order valence-electron chi connectivity index (χ2n) is 7.93. The van der Waals surface area contributed by atoms with Gasteiger partial charge in [-0.3, -0.25) is 9.59 Å². The molecule has 0 radical (unpaired) electrons. The van der Waals surface area contributed by atoms with E-state index in [0.29, 0.717) is 12.3 Å². The average Bonchev–Trinajstić information content (AvgIpc) is 2.78. The fourth-order valence-corrected chi connectivity index (χ4v) is 4.93. The van der Waals surface area contributed by atoms with Crippen molar-refractivity contribution in [3.05, 3.63) is 23.8 Å². The number of benzene rings is 1. The van der Waals surface area contributed by atoms with Crippen LogP contribution in [0, 0.1) is 5.92 Å². The van der Waals surface area contributed by atoms with Gasteiger partial charge in [0, 0.05) is 49.1 Å². The SMILES string of the molecule is COC(=O)CCC1CCC(NC(=O)c2ccc(N3CCNCC3)c(SC)c2)CC1.Cl. The maximum absolute atomic E-state index is 12.8. The van der Waals surface area contributed by atoms with Crippen molar-refractivity contribution in [1.29, 1.82) is 0 Å². The van der Waals surface area contributed by atoms with Crippen LogP contribution in [0.15, 0.2) is 23.1 Å². The molecule has 2 aliphatic rings. The van der Waals surface area contributed by atoms with Crippen LogP contribution in [0.25, 0.3) is 0 Å². The van der Waals surface area contributed by atoms with Crippen LogP contribution < -0.4 is 15.5 Å². The molecule has 6 nitrogen and oxygen atoms in total. The summed E-state index contributed by atoms with van der Waals surface area (Å²) in [4.78, 5) is 27.7. The van der Waals surface area contributed by atoms with Gasteiger partial charge < -0.3 is 20.3 Å². The van der Waals surface area contributed by atoms with Crippen molar-refractivity contribution in [2.24, 2.45) is 5.92 Å². The van der Waals surface area contributed by atoms with Crippen molar-refractivity contribution < 1.29 is 14.3 Å². The number of hydrogen-bond donors (Lipinski definition) is 2. The number of piperazine rings is 1. The lowest BCUT2D eigenvalue weighted by atomic mass is 9.83. The van der Waals surface area contributed by atoms with Crippen molar-refractivity contribution in [3.63, 3.8) is 0 Å². The van der Waals surface area contributed by atoms with Gasteiger partial charge in [-0.15, -0.1) is 24.2 Å². The summed E-state index contributed by atoms with van der Waals surface area (Å²) in [5.41, 5.74) is 1.96. The molecule has 1 saturated heterocycles. The minimum absolute atomic E-state index is 0. The molecular formula is C22H34ClN3O3S. The van der Waals surface area contributed by atoms with E-state index in [0.717, 1.165) is 68.7 Å². The third kappa shape index (κ3) is 6.79. The molecule has 1 aromatic carbocycles. The Morgan fingerprint density at radius 2 is 1.90 bits per heavy atom. The highest BCUT2D eigenvalue weighted by molar-refractivity contribution is 7.98. The summed E-state index contributed by atoms with van der Waals surface area (Å²) in [6.07, 6.45) is 7.52. The summed E-state index contributed by atoms with van der Waals surface area (Å²) >= 11 is 1.70. The topological polar surface area (TPSA) is 70.7 Å². The number of amides is 1. The molecule has 1 aromatic rings. The lowest BCUT2D eigenvalue weighted by molar-refractivity contribution is -0.141. The summed E-state index contributed by atoms with van der Waals surface area (Å²) in [5, 5.41) is 6.60. The van der Waals surface area contributed by atoms with Crippen molar-refractivity contribution in [3.8, 4) is 0 Å². The van der Waals surface area contributed by atoms with Gasteiger partial charge in [0.15, 0.2) is 0 Å². The molecule has 2 N–H and O–H groups in total. The predicted octanol–water partition coefficient (Wildman–Crippen LogP) is 3.48. The minimum atomic E-state index is -0.130. The molecule has 0 spiro atoms. The van der Waals surface area contributed by atoms with Gasteiger partial charge in [0.1, 0.15) is 0 Å². The molecule has 1 amide bonds. The number of hydrogen-bond acceptors (Lipinski definition) is 6. The molecule has 0 atom stereocenters. The summed E-state index contributed by atoms with van der Waals surface area (Å²) in [6.45, 7) is 3.99. The van der Waals surface area contributed by atoms with E-state index in [1.54, 1.807) is 11.8 Å². The van der Waals surface area contributed by atoms with Crippen LogP contribution in [-0.2, 0) is 9.53 Å². The Labute approximate surface area is 190 Å². The molecule has 168 valence electrons. The number of methoxy groups -OCH3 is 1. The molecule has 30 heavy (non-hydrogen) atoms. The smallest absolute Gasteiger partial charge is 0.305 e. The van der Waals surface area contributed by atoms with E-state index in [2.05, 4.69) is 27.9 Å². The number of nitrogens with zero attached hydrogens (tertiary/aromatic N) is 1. The number of ether oxygens (including phenoxy) is 1. The molecule has 1 aliphatic heterocycles. The number of anilines is 1. The van der Waals surface area contributed by atoms with E-state index in [1.165, 1.54) is 12.8 Å². The molecule has 8 heteroatoms. The standard InChI is InChI=1S/C22H33N3O3S.ClH/c1-28-21(26)10-5-16-3-7-18(8-4-16)24-22(27)17-6-9-19(20(15-17)29-2)25-13-11-23-12-14-25;/h6,9,15-16,18,23H,3-5,7-8,10-14H2,1-2H3,(H,24,27);1H. The molecular weight excluding hydrogens is 422 g/mol. The highest BCUT2D eigenvalue weighted by Crippen LogP contribution is 2.31. The first-order valence-corrected chi connectivity index (χ1v) is 11.8. The van der Waals surface area contributed by atoms with Gasteiger partial charge in [0.05, 0.1) is 12.8 Å². The molecule has 0 aromatic heterocycles. The number of carbonyl (C=O) groups is 2. The van der Waals surface area contributed by atoms with E-state index in [9.17, 15) is 9.59 Å². The zero-order chi connectivity index (χ0) is 20.6. The predicted molar refractivity (Wildman–Crippen MR) is 125 cm³/mol. The van der Waals surface area contributed by atoms with Crippen molar-refractivity contribution in [1.82, 2.24) is 10.6 Å². The van der Waals surface area contributed by atoms with Gasteiger partial charge in [0.2, 0.25) is 0 Å². The van der Waals surface area contributed by atoms with Crippen LogP contribution in [0.5, 0.6) is 0 Å². The average molecular weight is 456 g/mol. The van der Waals surface area contributed by atoms with E-state index >= 15 is 0 Å². The van der Waals surface area contributed by atoms with Gasteiger partial charge in [-0.2, -0.15) is 0 Å². The molecule has 3 rings (SSSR count). The highest BCUT2D eigenvalue weighted by atomic mass is 35.5. The summed E-state index contributed by atoms with van der Waals surface area (Å²) in [6, 6.07) is 6.30. The highest BCUT2D eigenvalue weighted by Gasteiger charge is 2.24. The second-order valence-corrected chi connectivity index (χ2v) is 8.78. The number of nitrogens with one attached hydrogen (secondary N) is 2. The maximum Gasteiger partial charge on any atom is 0.305 e. The Bertz CT molecular complexity index is 705. The quantitative estimate of drug-likeness (QED) is 0.484. The maximum atomic E-state index is 12.8. The van der Waals surface area contributed by atoms with E-state index in [4.69, 9.17) is 4.74 Å². The molecule has 2 fully saturated rings. The van der Waals surface area contributed by atoms with Gasteiger partial charge in [-0.05, 0) is 62.5 Å². The number of halogens is 1. The number of esters is 1. The molecule has 1 aliphatic carbocycles. The van der Waals surface area contributed by atoms with Crippen LogP contribution in [0.1, 0.15) is 48.9 Å². The summed E-state index contributed by atoms with van der Waals surface area (Å²) < 4.78 is 4.73. The Hall–Kier alpha value is -1.44. The number of thioether (sulfide) groups is 1. The molecule has 0 bridgehead atoms. The molecule has 1 heterocycles. The monoisotopic (exact) mass is 455 g/mol. The summed E-state index contributed by atoms with van der Waals surface area (Å²) in [7, 11) is 1.44. The molecule has 1 saturated carbocycles. The Balaban J connectivity index is 0.00000320. The van der Waals surface area contributed by atoms with E-state index < -0.39 is 0 Å². The van der Waals surface area contributed by atoms with E-state index in [1.807, 2.05) is 12.1 Å². The first kappa shape index (κ1) is 24.8. The lowest BCUT2D eigenvalue weighted by Crippen LogP contribution is -2.43. The fraction of sp³-hybridized carbons (Fsp3) is 0.636. The van der Waals surface area contributed by atoms with Gasteiger partial charge in [-0.1, -0.05) is 0 Å². The van der Waals surface area contributed by atoms with Crippen LogP contribution in [0.2, 0.25) is 0 Å². The van der Waals surface area contributed by atoms with Crippen LogP contribution in [0.3, 0.4) is 0 Å². The first-order chi connectivity index (χ1) is 14.1. The lowest BCUT2D eigenvalue weighted by Gasteiger charge is -2.31. The second kappa shape index (κ2) is 12.4. The van der Waals surface area contributed by atoms with Crippen molar-refractivity contribution in [2.45, 2.75) is 49.5 Å². The Morgan fingerprint density at radius 1 is 1.20 bits per heavy atom. The third-order valence-electron chi connectivity index (χ3n) is 6.07. The van der Waals surface area contributed by atoms with Crippen LogP contribution in [0.4, 0.5) is 5.69 Å². The third-order valence-corrected chi connectivity index (χ3v) is 6.83. The largest absolute Gasteiger partial charge is 0.469 e. The Kier molecular flexibility index (Phi) is 10.3. The van der Waals surface area contributed by atoms with Gasteiger partial charge in [-0.25, -0.2) is 0 Å². The zero-order valence-electron chi connectivity index (χ0n) is 17.9. The normalized spacial score (nSPS) is 21.5. The van der Waals surface area contributed by atoms with Crippen molar-refractivity contribution in [2.75, 3.05) is 44.4 Å². The number of rotatable bonds is 7. The fourth-order valence-electron chi connectivity index (χ4n) is 4.27. The first-order valence-electron chi connectivity index (χ1n) is 10.6. The number of carbonyl (C=O) groups excluding carboxylic acids is 2. The van der Waals surface area contributed by atoms with Gasteiger partial charge >= 0.3 is 5.97 Å². The van der Waals surface area contributed by atoms with E-state index in [-0.39, 0.29) is 30.3 Å². The Morgan fingerprint density at radius 3 is 2.53 bits per heavy atom. The minimum Gasteiger partial charge on any atom is -0.469 e. The van der Waals surface area contributed by atoms with Crippen LogP contribution >= 0.6 is 24.2 Å². The van der Waals surface area contributed by atoms with Crippen LogP contribution in [-0.4, -0.2) is 57.5 Å². The summed E-state index contributed by atoms with van der Waals surface area (Å²) in [5.74, 6) is 0.447. The zero-order valence-corrected chi connectivity index (χ0v) is 19.6.